The van der Waals surface area contributed by atoms with E-state index in [0.717, 1.165) is 22.2 Å². The van der Waals surface area contributed by atoms with Crippen LogP contribution in [0.4, 0.5) is 5.69 Å². The fourth-order valence-electron chi connectivity index (χ4n) is 4.31. The van der Waals surface area contributed by atoms with Crippen LogP contribution >= 0.6 is 11.3 Å². The molecule has 2 aromatic carbocycles. The summed E-state index contributed by atoms with van der Waals surface area (Å²) < 4.78 is 5.24. The van der Waals surface area contributed by atoms with Gasteiger partial charge in [-0.25, -0.2) is 0 Å². The Labute approximate surface area is 188 Å². The van der Waals surface area contributed by atoms with E-state index >= 15 is 0 Å². The standard InChI is InChI=1S/C25H20N2O4S/c1-14-20(17-6-3-4-7-18(17)26-14)22-21(23(28)19-8-5-13-32-19)24(29)25(30)27(22)15-9-11-16(31-2)12-10-15/h3-13,22,26,29H,1-2H3. The fraction of sp³-hybridized carbons (Fsp3) is 0.120. The molecule has 1 amide bonds. The molecule has 0 saturated carbocycles. The summed E-state index contributed by atoms with van der Waals surface area (Å²) in [5, 5.41) is 13.6. The molecule has 0 saturated heterocycles. The Morgan fingerprint density at radius 2 is 1.84 bits per heavy atom. The quantitative estimate of drug-likeness (QED) is 0.408. The number of fused-ring (bicyclic) bond motifs is 1. The number of hydrogen-bond donors (Lipinski definition) is 2. The van der Waals surface area contributed by atoms with Crippen LogP contribution in [0.25, 0.3) is 10.9 Å². The molecular formula is C25H20N2O4S. The zero-order valence-electron chi connectivity index (χ0n) is 17.5. The highest BCUT2D eigenvalue weighted by Crippen LogP contribution is 2.45. The number of amides is 1. The van der Waals surface area contributed by atoms with Gasteiger partial charge in [0.15, 0.2) is 5.76 Å². The number of aromatic amines is 1. The second kappa shape index (κ2) is 7.69. The molecule has 7 heteroatoms. The van der Waals surface area contributed by atoms with Crippen LogP contribution in [-0.2, 0) is 4.79 Å². The Morgan fingerprint density at radius 3 is 2.53 bits per heavy atom. The molecule has 0 spiro atoms. The van der Waals surface area contributed by atoms with Crippen molar-refractivity contribution in [3.05, 3.63) is 93.5 Å². The van der Waals surface area contributed by atoms with Crippen LogP contribution in [0.15, 0.2) is 77.4 Å². The summed E-state index contributed by atoms with van der Waals surface area (Å²) in [7, 11) is 1.57. The van der Waals surface area contributed by atoms with Gasteiger partial charge >= 0.3 is 0 Å². The van der Waals surface area contributed by atoms with Gasteiger partial charge in [-0.3, -0.25) is 14.5 Å². The maximum atomic E-state index is 13.5. The summed E-state index contributed by atoms with van der Waals surface area (Å²) in [6.45, 7) is 1.91. The van der Waals surface area contributed by atoms with Gasteiger partial charge in [-0.1, -0.05) is 24.3 Å². The molecule has 160 valence electrons. The Kier molecular flexibility index (Phi) is 4.83. The maximum Gasteiger partial charge on any atom is 0.294 e. The molecule has 0 radical (unpaired) electrons. The van der Waals surface area contributed by atoms with E-state index in [2.05, 4.69) is 4.98 Å². The average Bonchev–Trinajstić information content (AvgIpc) is 3.51. The topological polar surface area (TPSA) is 82.6 Å². The number of rotatable bonds is 5. The molecule has 1 atom stereocenters. The first-order valence-corrected chi connectivity index (χ1v) is 11.0. The molecule has 3 heterocycles. The molecular weight excluding hydrogens is 424 g/mol. The summed E-state index contributed by atoms with van der Waals surface area (Å²) >= 11 is 1.28. The predicted molar refractivity (Wildman–Crippen MR) is 125 cm³/mol. The maximum absolute atomic E-state index is 13.5. The van der Waals surface area contributed by atoms with Crippen molar-refractivity contribution in [2.75, 3.05) is 12.0 Å². The number of benzene rings is 2. The molecule has 1 aliphatic heterocycles. The van der Waals surface area contributed by atoms with E-state index in [0.29, 0.717) is 16.3 Å². The number of methoxy groups -OCH3 is 1. The minimum atomic E-state index is -0.776. The number of hydrogen-bond acceptors (Lipinski definition) is 5. The number of aryl methyl sites for hydroxylation is 1. The lowest BCUT2D eigenvalue weighted by molar-refractivity contribution is -0.117. The number of aliphatic hydroxyl groups is 1. The number of ketones is 1. The number of Topliss-reactive ketones (excluding diaryl/α,β-unsaturated/α-hetero) is 1. The van der Waals surface area contributed by atoms with Gasteiger partial charge in [0.2, 0.25) is 5.78 Å². The van der Waals surface area contributed by atoms with Gasteiger partial charge < -0.3 is 14.8 Å². The molecule has 0 fully saturated rings. The van der Waals surface area contributed by atoms with Gasteiger partial charge in [0.05, 0.1) is 23.6 Å². The van der Waals surface area contributed by atoms with E-state index in [1.165, 1.54) is 16.2 Å². The summed E-state index contributed by atoms with van der Waals surface area (Å²) in [5.74, 6) is -0.831. The van der Waals surface area contributed by atoms with Crippen LogP contribution in [-0.4, -0.2) is 28.9 Å². The minimum Gasteiger partial charge on any atom is -0.503 e. The highest BCUT2D eigenvalue weighted by atomic mass is 32.1. The number of H-pyrrole nitrogens is 1. The van der Waals surface area contributed by atoms with Crippen LogP contribution < -0.4 is 9.64 Å². The van der Waals surface area contributed by atoms with Crippen molar-refractivity contribution >= 4 is 39.6 Å². The van der Waals surface area contributed by atoms with Crippen LogP contribution in [0.2, 0.25) is 0 Å². The van der Waals surface area contributed by atoms with E-state index in [1.807, 2.05) is 31.2 Å². The molecule has 0 aliphatic carbocycles. The molecule has 4 aromatic rings. The first-order valence-electron chi connectivity index (χ1n) is 10.1. The Hall–Kier alpha value is -3.84. The van der Waals surface area contributed by atoms with Crippen molar-refractivity contribution in [3.63, 3.8) is 0 Å². The third-order valence-electron chi connectivity index (χ3n) is 5.77. The molecule has 32 heavy (non-hydrogen) atoms. The summed E-state index contributed by atoms with van der Waals surface area (Å²) in [5.41, 5.74) is 3.16. The Balaban J connectivity index is 1.75. The van der Waals surface area contributed by atoms with Gasteiger partial charge in [0.25, 0.3) is 5.91 Å². The predicted octanol–water partition coefficient (Wildman–Crippen LogP) is 5.33. The average molecular weight is 445 g/mol. The largest absolute Gasteiger partial charge is 0.503 e. The molecule has 1 unspecified atom stereocenters. The molecule has 2 aromatic heterocycles. The number of nitrogens with zero attached hydrogens (tertiary/aromatic N) is 1. The van der Waals surface area contributed by atoms with Gasteiger partial charge in [0, 0.05) is 27.8 Å². The molecule has 0 bridgehead atoms. The van der Waals surface area contributed by atoms with Gasteiger partial charge in [-0.05, 0) is 48.7 Å². The van der Waals surface area contributed by atoms with Gasteiger partial charge in [-0.15, -0.1) is 11.3 Å². The lowest BCUT2D eigenvalue weighted by Gasteiger charge is -2.27. The smallest absolute Gasteiger partial charge is 0.294 e. The third-order valence-corrected chi connectivity index (χ3v) is 6.63. The van der Waals surface area contributed by atoms with Gasteiger partial charge in [-0.2, -0.15) is 0 Å². The van der Waals surface area contributed by atoms with E-state index in [9.17, 15) is 14.7 Å². The molecule has 1 aliphatic rings. The van der Waals surface area contributed by atoms with Crippen molar-refractivity contribution in [3.8, 4) is 5.75 Å². The monoisotopic (exact) mass is 444 g/mol. The third kappa shape index (κ3) is 3.01. The van der Waals surface area contributed by atoms with Crippen molar-refractivity contribution in [1.82, 2.24) is 4.98 Å². The van der Waals surface area contributed by atoms with Crippen molar-refractivity contribution in [2.45, 2.75) is 13.0 Å². The minimum absolute atomic E-state index is 0.0844. The van der Waals surface area contributed by atoms with Crippen molar-refractivity contribution < 1.29 is 19.4 Å². The van der Waals surface area contributed by atoms with Crippen LogP contribution in [0.5, 0.6) is 5.75 Å². The zero-order chi connectivity index (χ0) is 22.4. The summed E-state index contributed by atoms with van der Waals surface area (Å²) in [6, 6.07) is 17.4. The van der Waals surface area contributed by atoms with E-state index in [-0.39, 0.29) is 11.4 Å². The number of aromatic nitrogens is 1. The first kappa shape index (κ1) is 20.1. The number of para-hydroxylation sites is 1. The van der Waals surface area contributed by atoms with Crippen molar-refractivity contribution in [1.29, 1.82) is 0 Å². The summed E-state index contributed by atoms with van der Waals surface area (Å²) in [6.07, 6.45) is 0. The number of carbonyl (C=O) groups excluding carboxylic acids is 2. The van der Waals surface area contributed by atoms with Crippen LogP contribution in [0, 0.1) is 6.92 Å². The molecule has 2 N–H and O–H groups in total. The van der Waals surface area contributed by atoms with E-state index < -0.39 is 17.7 Å². The lowest BCUT2D eigenvalue weighted by Crippen LogP contribution is -2.31. The van der Waals surface area contributed by atoms with Crippen LogP contribution in [0.3, 0.4) is 0 Å². The second-order valence-corrected chi connectivity index (χ2v) is 8.50. The van der Waals surface area contributed by atoms with Crippen molar-refractivity contribution in [2.24, 2.45) is 0 Å². The summed E-state index contributed by atoms with van der Waals surface area (Å²) in [4.78, 5) is 32.1. The van der Waals surface area contributed by atoms with Gasteiger partial charge in [0.1, 0.15) is 5.75 Å². The normalized spacial score (nSPS) is 16.2. The number of ether oxygens (including phenoxy) is 1. The Morgan fingerprint density at radius 1 is 1.09 bits per heavy atom. The first-order chi connectivity index (χ1) is 15.5. The highest BCUT2D eigenvalue weighted by molar-refractivity contribution is 7.12. The Bertz CT molecular complexity index is 1370. The van der Waals surface area contributed by atoms with E-state index in [1.54, 1.807) is 48.9 Å². The SMILES string of the molecule is COc1ccc(N2C(=O)C(O)=C(C(=O)c3cccs3)C2c2c(C)[nH]c3ccccc23)cc1. The number of carbonyl (C=O) groups is 2. The second-order valence-electron chi connectivity index (χ2n) is 7.55. The van der Waals surface area contributed by atoms with Crippen LogP contribution in [0.1, 0.15) is 27.0 Å². The fourth-order valence-corrected chi connectivity index (χ4v) is 4.99. The number of anilines is 1. The lowest BCUT2D eigenvalue weighted by atomic mass is 9.93. The highest BCUT2D eigenvalue weighted by Gasteiger charge is 2.46. The number of thiophene rings is 1. The van der Waals surface area contributed by atoms with E-state index in [4.69, 9.17) is 4.74 Å². The number of aliphatic hydroxyl groups excluding tert-OH is 1. The molecule has 6 nitrogen and oxygen atoms in total. The zero-order valence-corrected chi connectivity index (χ0v) is 18.3. The number of nitrogens with one attached hydrogen (secondary N) is 1. The molecule has 5 rings (SSSR count).